The summed E-state index contributed by atoms with van der Waals surface area (Å²) in [6.45, 7) is 5.53. The maximum Gasteiger partial charge on any atom is 0.338 e. The molecule has 0 N–H and O–H groups in total. The van der Waals surface area contributed by atoms with Crippen molar-refractivity contribution in [3.05, 3.63) is 35.4 Å². The molecule has 0 radical (unpaired) electrons. The number of halogens is 1. The number of carbonyl (C=O) groups is 1. The van der Waals surface area contributed by atoms with Crippen molar-refractivity contribution in [2.45, 2.75) is 26.4 Å². The average molecular weight is 281 g/mol. The Labute approximate surface area is 104 Å². The van der Waals surface area contributed by atoms with Crippen LogP contribution in [-0.2, 0) is 4.74 Å². The highest BCUT2D eigenvalue weighted by Crippen LogP contribution is 2.12. The SMILES string of the molecule is CC(C)(C)OC(=O)c1ccc(C#CBr)cc1. The molecule has 1 aromatic carbocycles. The van der Waals surface area contributed by atoms with Gasteiger partial charge in [0.25, 0.3) is 0 Å². The van der Waals surface area contributed by atoms with E-state index in [2.05, 4.69) is 26.7 Å². The quantitative estimate of drug-likeness (QED) is 0.583. The zero-order chi connectivity index (χ0) is 12.2. The molecule has 1 aromatic rings. The van der Waals surface area contributed by atoms with Crippen molar-refractivity contribution in [3.8, 4) is 10.8 Å². The van der Waals surface area contributed by atoms with Crippen LogP contribution < -0.4 is 0 Å². The Kier molecular flexibility index (Phi) is 4.14. The lowest BCUT2D eigenvalue weighted by Crippen LogP contribution is -2.23. The van der Waals surface area contributed by atoms with E-state index in [9.17, 15) is 4.79 Å². The van der Waals surface area contributed by atoms with E-state index in [1.54, 1.807) is 24.3 Å². The van der Waals surface area contributed by atoms with E-state index in [4.69, 9.17) is 4.74 Å². The molecular weight excluding hydrogens is 268 g/mol. The first kappa shape index (κ1) is 12.8. The molecule has 0 aliphatic carbocycles. The van der Waals surface area contributed by atoms with Crippen molar-refractivity contribution in [2.24, 2.45) is 0 Å². The fourth-order valence-corrected chi connectivity index (χ4v) is 1.31. The van der Waals surface area contributed by atoms with Crippen LogP contribution in [0.15, 0.2) is 24.3 Å². The molecule has 0 aliphatic heterocycles. The normalized spacial score (nSPS) is 10.2. The van der Waals surface area contributed by atoms with Crippen molar-refractivity contribution in [1.29, 1.82) is 0 Å². The summed E-state index contributed by atoms with van der Waals surface area (Å²) >= 11 is 3.02. The Morgan fingerprint density at radius 3 is 2.25 bits per heavy atom. The summed E-state index contributed by atoms with van der Waals surface area (Å²) in [7, 11) is 0. The summed E-state index contributed by atoms with van der Waals surface area (Å²) in [5.41, 5.74) is 0.921. The Balaban J connectivity index is 2.81. The van der Waals surface area contributed by atoms with Crippen LogP contribution in [0.3, 0.4) is 0 Å². The molecule has 16 heavy (non-hydrogen) atoms. The van der Waals surface area contributed by atoms with Crippen molar-refractivity contribution >= 4 is 21.9 Å². The van der Waals surface area contributed by atoms with Gasteiger partial charge in [-0.15, -0.1) is 0 Å². The summed E-state index contributed by atoms with van der Waals surface area (Å²) in [5, 5.41) is 0. The van der Waals surface area contributed by atoms with Crippen LogP contribution in [0, 0.1) is 10.8 Å². The van der Waals surface area contributed by atoms with Crippen LogP contribution >= 0.6 is 15.9 Å². The highest BCUT2D eigenvalue weighted by molar-refractivity contribution is 9.12. The predicted octanol–water partition coefficient (Wildman–Crippen LogP) is 3.35. The van der Waals surface area contributed by atoms with E-state index >= 15 is 0 Å². The molecule has 2 nitrogen and oxygen atoms in total. The van der Waals surface area contributed by atoms with Crippen molar-refractivity contribution in [3.63, 3.8) is 0 Å². The van der Waals surface area contributed by atoms with E-state index in [1.807, 2.05) is 20.8 Å². The first-order chi connectivity index (χ1) is 7.42. The molecule has 0 unspecified atom stereocenters. The van der Waals surface area contributed by atoms with E-state index < -0.39 is 5.60 Å². The molecule has 0 saturated heterocycles. The number of carbonyl (C=O) groups excluding carboxylic acids is 1. The van der Waals surface area contributed by atoms with Crippen molar-refractivity contribution < 1.29 is 9.53 Å². The molecule has 0 fully saturated rings. The molecule has 0 atom stereocenters. The Bertz CT molecular complexity index is 430. The average Bonchev–Trinajstić information content (AvgIpc) is 2.16. The molecule has 0 aliphatic rings. The molecular formula is C13H13BrO2. The summed E-state index contributed by atoms with van der Waals surface area (Å²) in [4.78, 5) is 14.3. The first-order valence-electron chi connectivity index (χ1n) is 4.87. The summed E-state index contributed by atoms with van der Waals surface area (Å²) < 4.78 is 5.24. The van der Waals surface area contributed by atoms with Gasteiger partial charge in [0.05, 0.1) is 5.56 Å². The van der Waals surface area contributed by atoms with Gasteiger partial charge in [0.2, 0.25) is 0 Å². The lowest BCUT2D eigenvalue weighted by atomic mass is 10.1. The second kappa shape index (κ2) is 5.18. The standard InChI is InChI=1S/C13H13BrO2/c1-13(2,3)16-12(15)11-6-4-10(5-7-11)8-9-14/h4-7H,1-3H3. The van der Waals surface area contributed by atoms with Gasteiger partial charge < -0.3 is 4.74 Å². The maximum atomic E-state index is 11.7. The molecule has 84 valence electrons. The highest BCUT2D eigenvalue weighted by Gasteiger charge is 2.17. The highest BCUT2D eigenvalue weighted by atomic mass is 79.9. The van der Waals surface area contributed by atoms with E-state index in [1.165, 1.54) is 0 Å². The first-order valence-corrected chi connectivity index (χ1v) is 5.67. The van der Waals surface area contributed by atoms with Gasteiger partial charge in [0.1, 0.15) is 5.60 Å². The lowest BCUT2D eigenvalue weighted by molar-refractivity contribution is 0.00696. The summed E-state index contributed by atoms with van der Waals surface area (Å²) in [6.07, 6.45) is 0. The predicted molar refractivity (Wildman–Crippen MR) is 67.4 cm³/mol. The second-order valence-corrected chi connectivity index (χ2v) is 4.70. The Hall–Kier alpha value is -1.27. The van der Waals surface area contributed by atoms with Gasteiger partial charge in [-0.3, -0.25) is 0 Å². The monoisotopic (exact) mass is 280 g/mol. The third-order valence-corrected chi connectivity index (χ3v) is 1.91. The topological polar surface area (TPSA) is 26.3 Å². The molecule has 0 aromatic heterocycles. The number of rotatable bonds is 1. The van der Waals surface area contributed by atoms with E-state index in [0.29, 0.717) is 5.56 Å². The van der Waals surface area contributed by atoms with Gasteiger partial charge in [-0.05, 0) is 49.9 Å². The molecule has 1 rings (SSSR count). The molecule has 0 heterocycles. The van der Waals surface area contributed by atoms with Gasteiger partial charge in [-0.1, -0.05) is 5.92 Å². The number of esters is 1. The minimum atomic E-state index is -0.467. The van der Waals surface area contributed by atoms with E-state index in [0.717, 1.165) is 5.56 Å². The van der Waals surface area contributed by atoms with Crippen LogP contribution in [0.1, 0.15) is 36.7 Å². The van der Waals surface area contributed by atoms with Crippen molar-refractivity contribution in [2.75, 3.05) is 0 Å². The van der Waals surface area contributed by atoms with Crippen LogP contribution in [0.2, 0.25) is 0 Å². The summed E-state index contributed by atoms with van der Waals surface area (Å²) in [6, 6.07) is 6.99. The largest absolute Gasteiger partial charge is 0.456 e. The second-order valence-electron chi connectivity index (χ2n) is 4.30. The van der Waals surface area contributed by atoms with Crippen LogP contribution in [0.25, 0.3) is 0 Å². The molecule has 0 spiro atoms. The fourth-order valence-electron chi connectivity index (χ4n) is 1.08. The van der Waals surface area contributed by atoms with Gasteiger partial charge in [0, 0.05) is 21.5 Å². The minimum Gasteiger partial charge on any atom is -0.456 e. The maximum absolute atomic E-state index is 11.7. The lowest BCUT2D eigenvalue weighted by Gasteiger charge is -2.19. The molecule has 3 heteroatoms. The fraction of sp³-hybridized carbons (Fsp3) is 0.308. The minimum absolute atomic E-state index is 0.314. The van der Waals surface area contributed by atoms with Gasteiger partial charge in [-0.2, -0.15) is 0 Å². The Morgan fingerprint density at radius 2 is 1.81 bits per heavy atom. The Morgan fingerprint density at radius 1 is 1.25 bits per heavy atom. The van der Waals surface area contributed by atoms with Gasteiger partial charge >= 0.3 is 5.97 Å². The number of ether oxygens (including phenoxy) is 1. The zero-order valence-corrected chi connectivity index (χ0v) is 11.1. The zero-order valence-electron chi connectivity index (χ0n) is 9.50. The van der Waals surface area contributed by atoms with Gasteiger partial charge in [-0.25, -0.2) is 4.79 Å². The molecule has 0 saturated carbocycles. The van der Waals surface area contributed by atoms with Crippen LogP contribution in [-0.4, -0.2) is 11.6 Å². The summed E-state index contributed by atoms with van der Waals surface area (Å²) in [5.74, 6) is 2.52. The van der Waals surface area contributed by atoms with Crippen LogP contribution in [0.4, 0.5) is 0 Å². The number of benzene rings is 1. The smallest absolute Gasteiger partial charge is 0.338 e. The number of hydrogen-bond acceptors (Lipinski definition) is 2. The third-order valence-electron chi connectivity index (χ3n) is 1.71. The van der Waals surface area contributed by atoms with Crippen LogP contribution in [0.5, 0.6) is 0 Å². The van der Waals surface area contributed by atoms with Gasteiger partial charge in [0.15, 0.2) is 0 Å². The molecule has 0 bridgehead atoms. The van der Waals surface area contributed by atoms with Crippen molar-refractivity contribution in [1.82, 2.24) is 0 Å². The molecule has 0 amide bonds. The number of hydrogen-bond donors (Lipinski definition) is 0. The third kappa shape index (κ3) is 4.08. The van der Waals surface area contributed by atoms with E-state index in [-0.39, 0.29) is 5.97 Å².